The summed E-state index contributed by atoms with van der Waals surface area (Å²) in [5.74, 6) is -11.1. The van der Waals surface area contributed by atoms with Gasteiger partial charge < -0.3 is 285 Å². The van der Waals surface area contributed by atoms with E-state index in [0.717, 1.165) is 41.5 Å². The molecule has 11 aliphatic rings. The maximum atomic E-state index is 13.5. The van der Waals surface area contributed by atoms with Crippen molar-refractivity contribution in [3.05, 3.63) is 0 Å². The molecule has 6 amide bonds. The first-order valence-electron chi connectivity index (χ1n) is 46.1. The Morgan fingerprint density at radius 1 is 0.297 bits per heavy atom. The Hall–Kier alpha value is -5.71. The molecule has 11 aliphatic heterocycles. The number of hydrogen-bond donors (Lipinski definition) is 36. The highest BCUT2D eigenvalue weighted by Gasteiger charge is 2.64. The molecule has 64 heteroatoms. The Morgan fingerprint density at radius 2 is 0.614 bits per heavy atom. The maximum absolute atomic E-state index is 13.5. The number of aliphatic hydroxyl groups excluding tert-OH is 29. The number of carboxylic acids is 1. The third kappa shape index (κ3) is 27.0. The number of aliphatic hydroxyl groups is 29. The minimum Gasteiger partial charge on any atom is -0.477 e. The van der Waals surface area contributed by atoms with Gasteiger partial charge in [0.05, 0.1) is 84.3 Å². The molecule has 0 saturated carbocycles. The maximum Gasteiger partial charge on any atom is 0.364 e. The average molecular weight is 2120 g/mol. The molecule has 36 N–H and O–H groups in total. The number of amides is 6. The smallest absolute Gasteiger partial charge is 0.364 e. The Labute approximate surface area is 821 Å². The fraction of sp³-hybridized carbons (Fsp3) is 0.914. The van der Waals surface area contributed by atoms with Crippen molar-refractivity contribution < 1.29 is 286 Å². The number of nitrogens with one attached hydrogen (secondary N) is 6. The lowest BCUT2D eigenvalue weighted by Gasteiger charge is -2.52. The molecule has 0 bridgehead atoms. The molecule has 0 unspecified atom stereocenters. The molecule has 11 fully saturated rings. The first kappa shape index (κ1) is 120. The first-order valence-corrected chi connectivity index (χ1v) is 46.1. The third-order valence-electron chi connectivity index (χ3n) is 26.3. The predicted octanol–water partition coefficient (Wildman–Crippen LogP) is -23.9. The van der Waals surface area contributed by atoms with E-state index in [1.807, 2.05) is 0 Å². The molecule has 0 aliphatic carbocycles. The van der Waals surface area contributed by atoms with E-state index in [2.05, 4.69) is 31.9 Å². The van der Waals surface area contributed by atoms with Crippen LogP contribution in [0.15, 0.2) is 0 Å². The Morgan fingerprint density at radius 3 is 1.06 bits per heavy atom. The van der Waals surface area contributed by atoms with Crippen LogP contribution in [0.25, 0.3) is 0 Å². The summed E-state index contributed by atoms with van der Waals surface area (Å²) in [4.78, 5) is 91.0. The highest BCUT2D eigenvalue weighted by molar-refractivity contribution is 5.77. The second-order valence-corrected chi connectivity index (χ2v) is 36.7. The van der Waals surface area contributed by atoms with E-state index in [0.29, 0.717) is 0 Å². The van der Waals surface area contributed by atoms with Gasteiger partial charge in [-0.1, -0.05) is 0 Å². The van der Waals surface area contributed by atoms with E-state index >= 15 is 0 Å². The zero-order chi connectivity index (χ0) is 107. The number of ether oxygens (including phenoxy) is 21. The fourth-order valence-corrected chi connectivity index (χ4v) is 18.7. The summed E-state index contributed by atoms with van der Waals surface area (Å²) in [5.41, 5.74) is 0. The minimum absolute atomic E-state index is 0.849. The zero-order valence-corrected chi connectivity index (χ0v) is 78.4. The van der Waals surface area contributed by atoms with Crippen LogP contribution in [0.3, 0.4) is 0 Å². The first-order chi connectivity index (χ1) is 68.3. The summed E-state index contributed by atoms with van der Waals surface area (Å²) in [7, 11) is 0. The summed E-state index contributed by atoms with van der Waals surface area (Å²) in [6.07, 6.45) is -110. The SMILES string of the molecule is CC(=O)N[C@@H]1[C@@H](O)[C@H](O[C@@H]2O[C@H](CO)[C@@H](O[C@@H]3O[C@H](CO[C@H]4O[C@H](CO)[C@@H](O)[C@H](O)[C@@H]4O[C@@H]4O[C@H](CO)[C@@H](O[C@@H]5O[C@H](CO[C@]6(C(=O)O)C[C@H](O)[C@@H](NC(C)=O)[C@H]([C@H](O)[C@H](O)CO)O6)[C@H](O)[C@H](O)[C@H]5O)[C@H](O)[C@H]4NC(C)=O)[C@@H](O[C@@H]4O[C@H](CO)[C@@H](O)[C@H](O)[C@H]4NC(C)=O)[C@H](O[C@H]4O[C@H](CO)[C@@H](O)[C@H](O)[C@@H]4O[C@@H]4O[C@H](CO)[C@@H](O)[C@H](O)[C@H]4NC(C)=O)[C@@H]3O)[C@H](O)[C@H]2NC(C)=O)[C@@H](CO[C@@H]2O[C@@H](C)[C@@H](O)[C@@H](O)[C@@H]2O)O[C@H]1O. The molecule has 11 rings (SSSR count). The van der Waals surface area contributed by atoms with Crippen LogP contribution in [0.2, 0.25) is 0 Å². The summed E-state index contributed by atoms with van der Waals surface area (Å²) >= 11 is 0. The monoisotopic (exact) mass is 2120 g/mol. The quantitative estimate of drug-likeness (QED) is 0.0272. The van der Waals surface area contributed by atoms with E-state index < -0.39 is 457 Å². The normalized spacial score (nSPS) is 47.2. The number of hydrogen-bond acceptors (Lipinski definition) is 57. The number of carbonyl (C=O) groups excluding carboxylic acids is 6. The summed E-state index contributed by atoms with van der Waals surface area (Å²) in [6, 6.07) is -11.8. The Bertz CT molecular complexity index is 4150. The Balaban J connectivity index is 0.973. The summed E-state index contributed by atoms with van der Waals surface area (Å²) in [6.45, 7) is -5.64. The number of carboxylic acid groups (broad SMARTS) is 1. The molecule has 0 aromatic heterocycles. The van der Waals surface area contributed by atoms with Gasteiger partial charge in [-0.25, -0.2) is 4.79 Å². The van der Waals surface area contributed by atoms with Gasteiger partial charge >= 0.3 is 5.97 Å². The lowest BCUT2D eigenvalue weighted by molar-refractivity contribution is -0.407. The molecule has 56 atom stereocenters. The predicted molar refractivity (Wildman–Crippen MR) is 448 cm³/mol. The highest BCUT2D eigenvalue weighted by Crippen LogP contribution is 2.43. The molecule has 836 valence electrons. The van der Waals surface area contributed by atoms with E-state index in [9.17, 15) is 187 Å². The topological polar surface area (TPSA) is 992 Å². The van der Waals surface area contributed by atoms with Crippen molar-refractivity contribution in [3.8, 4) is 0 Å². The number of rotatable bonds is 39. The molecule has 0 aromatic rings. The van der Waals surface area contributed by atoms with Crippen LogP contribution in [-0.4, -0.2) is 604 Å². The van der Waals surface area contributed by atoms with Crippen LogP contribution < -0.4 is 31.9 Å². The standard InChI is InChI=1S/C81H134N6O58/c1-19-43(103)55(115)59(119)75(128-19)125-16-35-64(52(112)38(70(122)129-35)83-21(3)96)138-73-41(86-24(6)99)53(113)63(33(15-94)134-73)140-77-61(121)67(142-79-69(58(118)48(108)31(13-92)133-79)144-72-40(85-23(5)98)51(111)46(106)29(11-90)131-72)65(141-71-39(84-22(4)97)50(110)45(105)28(10-89)130-71)36(137-77)17-126-78-68(57(117)47(107)30(12-91)132-78)143-74-42(87-25(7)100)54(114)62(32(14-93)135-74)139-76-60(120)56(116)49(109)34(136-76)18-127-81(80(123)124)8-26(101)37(82-20(2)95)66(145-81)44(104)27(102)9-88/h19,26-79,88-94,101-122H,8-18H2,1-7H3,(H,82,95)(H,83,96)(H,84,97)(H,85,98)(H,86,99)(H,87,100)(H,123,124)/t19-,26-,27+,28+,29+,30+,31+,32+,33+,34+,35+,36+,37+,38+,39+,40+,41+,42+,43+,44+,45+,46+,47+,48+,49-,50+,51+,52+,53+,54+,55+,56-,57-,58-,59-,60+,61-,62+,63+,64+,65+,66+,67+,68-,69-,70+,71-,72-,73-,74-,75+,76-,77-,78-,79+,81+/m0/s1. The minimum atomic E-state index is -3.13. The van der Waals surface area contributed by atoms with Gasteiger partial charge in [0.25, 0.3) is 5.79 Å². The van der Waals surface area contributed by atoms with Crippen LogP contribution in [0, 0.1) is 0 Å². The van der Waals surface area contributed by atoms with Crippen LogP contribution in [-0.2, 0) is 133 Å². The van der Waals surface area contributed by atoms with Gasteiger partial charge in [-0.05, 0) is 6.92 Å². The summed E-state index contributed by atoms with van der Waals surface area (Å²) < 4.78 is 128. The third-order valence-corrected chi connectivity index (χ3v) is 26.3. The van der Waals surface area contributed by atoms with Crippen molar-refractivity contribution in [1.29, 1.82) is 0 Å². The number of carbonyl (C=O) groups is 7. The van der Waals surface area contributed by atoms with Gasteiger partial charge in [-0.3, -0.25) is 28.8 Å². The van der Waals surface area contributed by atoms with Crippen molar-refractivity contribution in [2.24, 2.45) is 0 Å². The molecule has 0 radical (unpaired) electrons. The van der Waals surface area contributed by atoms with Crippen molar-refractivity contribution >= 4 is 41.4 Å². The highest BCUT2D eigenvalue weighted by atomic mass is 16.8. The summed E-state index contributed by atoms with van der Waals surface area (Å²) in [5, 5.41) is 354. The van der Waals surface area contributed by atoms with Gasteiger partial charge in [0, 0.05) is 48.0 Å². The average Bonchev–Trinajstić information content (AvgIpc) is 0.763. The lowest BCUT2D eigenvalue weighted by Crippen LogP contribution is -2.71. The van der Waals surface area contributed by atoms with E-state index in [1.54, 1.807) is 0 Å². The van der Waals surface area contributed by atoms with Crippen molar-refractivity contribution in [3.63, 3.8) is 0 Å². The second-order valence-electron chi connectivity index (χ2n) is 36.7. The van der Waals surface area contributed by atoms with Crippen molar-refractivity contribution in [1.82, 2.24) is 31.9 Å². The van der Waals surface area contributed by atoms with Crippen molar-refractivity contribution in [2.45, 2.75) is 398 Å². The van der Waals surface area contributed by atoms with Crippen LogP contribution >= 0.6 is 0 Å². The molecule has 11 heterocycles. The molecule has 11 saturated heterocycles. The van der Waals surface area contributed by atoms with Crippen LogP contribution in [0.4, 0.5) is 0 Å². The van der Waals surface area contributed by atoms with Gasteiger partial charge in [0.15, 0.2) is 62.9 Å². The molecule has 0 spiro atoms. The van der Waals surface area contributed by atoms with Gasteiger partial charge in [-0.15, -0.1) is 0 Å². The van der Waals surface area contributed by atoms with E-state index in [-0.39, 0.29) is 0 Å². The largest absolute Gasteiger partial charge is 0.477 e. The van der Waals surface area contributed by atoms with Crippen LogP contribution in [0.1, 0.15) is 54.9 Å². The zero-order valence-electron chi connectivity index (χ0n) is 78.4. The van der Waals surface area contributed by atoms with Gasteiger partial charge in [0.2, 0.25) is 35.4 Å². The fourth-order valence-electron chi connectivity index (χ4n) is 18.7. The molecule has 64 nitrogen and oxygen atoms in total. The van der Waals surface area contributed by atoms with E-state index in [1.165, 1.54) is 6.92 Å². The molecule has 0 aromatic carbocycles. The molecule has 145 heavy (non-hydrogen) atoms. The Kier molecular flexibility index (Phi) is 42.7. The lowest BCUT2D eigenvalue weighted by atomic mass is 9.88. The van der Waals surface area contributed by atoms with Crippen LogP contribution in [0.5, 0.6) is 0 Å². The van der Waals surface area contributed by atoms with Crippen molar-refractivity contribution in [2.75, 3.05) is 66.1 Å². The second kappa shape index (κ2) is 51.8. The molecular formula is C81H134N6O58. The van der Waals surface area contributed by atoms with E-state index in [4.69, 9.17) is 99.5 Å². The van der Waals surface area contributed by atoms with Gasteiger partial charge in [-0.2, -0.15) is 0 Å². The number of aliphatic carboxylic acids is 1. The van der Waals surface area contributed by atoms with Gasteiger partial charge in [0.1, 0.15) is 256 Å². The molecular weight excluding hydrogens is 1980 g/mol.